The molecule has 0 saturated heterocycles. The van der Waals surface area contributed by atoms with Gasteiger partial charge in [0.15, 0.2) is 34.9 Å². The van der Waals surface area contributed by atoms with Crippen molar-refractivity contribution in [2.24, 2.45) is 7.05 Å². The Morgan fingerprint density at radius 1 is 1.00 bits per heavy atom. The molecule has 0 radical (unpaired) electrons. The van der Waals surface area contributed by atoms with E-state index in [1.54, 1.807) is 0 Å². The van der Waals surface area contributed by atoms with Crippen molar-refractivity contribution in [3.63, 3.8) is 0 Å². The van der Waals surface area contributed by atoms with Gasteiger partial charge in [-0.05, 0) is 0 Å². The Hall–Kier alpha value is -4.03. The third kappa shape index (κ3) is 2.88. The van der Waals surface area contributed by atoms with Crippen LogP contribution in [0.5, 0.6) is 0 Å². The number of carbonyl (C=O) groups is 1. The van der Waals surface area contributed by atoms with E-state index in [1.165, 1.54) is 7.05 Å². The van der Waals surface area contributed by atoms with Crippen molar-refractivity contribution in [1.29, 1.82) is 0 Å². The summed E-state index contributed by atoms with van der Waals surface area (Å²) < 4.78 is 84.8. The summed E-state index contributed by atoms with van der Waals surface area (Å²) in [6.07, 6.45) is 0.507. The molecule has 0 unspecified atom stereocenters. The van der Waals surface area contributed by atoms with E-state index in [-0.39, 0.29) is 17.0 Å². The van der Waals surface area contributed by atoms with E-state index >= 15 is 0 Å². The standard InChI is InChI=1S/C18H8F6N4O3/c1-27-9-3-7(20)6(19)2-8(9)25-18(27)26-28-4-5(17(30)31)16(29)10-11(21)12(22)13(23)14(24)15(10)28/h2-4H,1H3,(H,25,26)(H,30,31). The van der Waals surface area contributed by atoms with Crippen LogP contribution in [0.25, 0.3) is 21.9 Å². The van der Waals surface area contributed by atoms with Crippen molar-refractivity contribution in [1.82, 2.24) is 14.2 Å². The number of nitrogens with one attached hydrogen (secondary N) is 1. The zero-order chi connectivity index (χ0) is 22.8. The van der Waals surface area contributed by atoms with Crippen LogP contribution in [-0.4, -0.2) is 25.3 Å². The molecule has 0 amide bonds. The Kier molecular flexibility index (Phi) is 4.41. The van der Waals surface area contributed by atoms with Gasteiger partial charge in [0.2, 0.25) is 11.4 Å². The number of anilines is 1. The number of hydrogen-bond donors (Lipinski definition) is 2. The summed E-state index contributed by atoms with van der Waals surface area (Å²) in [5, 5.41) is 7.84. The molecule has 0 aliphatic carbocycles. The van der Waals surface area contributed by atoms with Crippen LogP contribution >= 0.6 is 0 Å². The Bertz CT molecular complexity index is 1490. The maximum atomic E-state index is 14.5. The predicted molar refractivity (Wildman–Crippen MR) is 94.7 cm³/mol. The number of benzene rings is 2. The zero-order valence-electron chi connectivity index (χ0n) is 15.1. The number of pyridine rings is 1. The number of halogens is 6. The molecule has 0 aliphatic rings. The van der Waals surface area contributed by atoms with Gasteiger partial charge in [0, 0.05) is 25.4 Å². The number of aromatic carboxylic acids is 1. The van der Waals surface area contributed by atoms with Crippen LogP contribution in [0.2, 0.25) is 0 Å². The number of fused-ring (bicyclic) bond motifs is 2. The molecule has 160 valence electrons. The number of nitrogens with zero attached hydrogens (tertiary/aromatic N) is 3. The molecular formula is C18H8F6N4O3. The van der Waals surface area contributed by atoms with Gasteiger partial charge in [0.1, 0.15) is 11.1 Å². The topological polar surface area (TPSA) is 89.1 Å². The van der Waals surface area contributed by atoms with Crippen LogP contribution in [0.15, 0.2) is 23.1 Å². The highest BCUT2D eigenvalue weighted by Crippen LogP contribution is 2.27. The lowest BCUT2D eigenvalue weighted by Gasteiger charge is -2.15. The zero-order valence-corrected chi connectivity index (χ0v) is 15.1. The SMILES string of the molecule is Cn1c(Nn2cc(C(=O)O)c(=O)c3c(F)c(F)c(F)c(F)c32)nc2cc(F)c(F)cc21. The van der Waals surface area contributed by atoms with Crippen LogP contribution in [0, 0.1) is 34.9 Å². The van der Waals surface area contributed by atoms with Gasteiger partial charge in [-0.2, -0.15) is 0 Å². The van der Waals surface area contributed by atoms with Crippen molar-refractivity contribution >= 4 is 33.9 Å². The largest absolute Gasteiger partial charge is 0.477 e. The number of aromatic nitrogens is 3. The van der Waals surface area contributed by atoms with Crippen LogP contribution in [-0.2, 0) is 7.05 Å². The number of carboxylic acids is 1. The minimum absolute atomic E-state index is 0.0501. The number of hydrogen-bond acceptors (Lipinski definition) is 4. The molecule has 0 fully saturated rings. The summed E-state index contributed by atoms with van der Waals surface area (Å²) in [7, 11) is 1.31. The van der Waals surface area contributed by atoms with E-state index in [4.69, 9.17) is 0 Å². The highest BCUT2D eigenvalue weighted by Gasteiger charge is 2.28. The maximum absolute atomic E-state index is 14.5. The first kappa shape index (κ1) is 20.3. The summed E-state index contributed by atoms with van der Waals surface area (Å²) in [5.41, 5.74) is -1.55. The molecular weight excluding hydrogens is 434 g/mol. The van der Waals surface area contributed by atoms with Gasteiger partial charge in [0.05, 0.1) is 16.4 Å². The van der Waals surface area contributed by atoms with Crippen LogP contribution in [0.3, 0.4) is 0 Å². The van der Waals surface area contributed by atoms with Crippen molar-refractivity contribution in [3.8, 4) is 0 Å². The van der Waals surface area contributed by atoms with E-state index in [0.717, 1.165) is 16.7 Å². The molecule has 2 aromatic carbocycles. The van der Waals surface area contributed by atoms with Crippen molar-refractivity contribution in [3.05, 3.63) is 69.0 Å². The number of carboxylic acid groups (broad SMARTS) is 1. The third-order valence-corrected chi connectivity index (χ3v) is 4.59. The fourth-order valence-electron chi connectivity index (χ4n) is 3.08. The lowest BCUT2D eigenvalue weighted by Crippen LogP contribution is -2.25. The van der Waals surface area contributed by atoms with Gasteiger partial charge in [0.25, 0.3) is 0 Å². The van der Waals surface area contributed by atoms with E-state index in [2.05, 4.69) is 10.4 Å². The Morgan fingerprint density at radius 2 is 1.61 bits per heavy atom. The molecule has 0 atom stereocenters. The number of imidazole rings is 1. The molecule has 13 heteroatoms. The molecule has 0 bridgehead atoms. The van der Waals surface area contributed by atoms with Gasteiger partial charge in [-0.15, -0.1) is 0 Å². The summed E-state index contributed by atoms with van der Waals surface area (Å²) in [6.45, 7) is 0. The second kappa shape index (κ2) is 6.75. The second-order valence-electron chi connectivity index (χ2n) is 6.39. The average molecular weight is 442 g/mol. The Morgan fingerprint density at radius 3 is 2.26 bits per heavy atom. The number of rotatable bonds is 3. The van der Waals surface area contributed by atoms with Crippen molar-refractivity contribution in [2.75, 3.05) is 5.43 Å². The number of aryl methyl sites for hydroxylation is 1. The summed E-state index contributed by atoms with van der Waals surface area (Å²) in [6, 6.07) is 1.54. The first-order valence-corrected chi connectivity index (χ1v) is 8.26. The molecule has 31 heavy (non-hydrogen) atoms. The van der Waals surface area contributed by atoms with Crippen LogP contribution in [0.1, 0.15) is 10.4 Å². The first-order valence-electron chi connectivity index (χ1n) is 8.26. The predicted octanol–water partition coefficient (Wildman–Crippen LogP) is 3.30. The summed E-state index contributed by atoms with van der Waals surface area (Å²) in [5.74, 6) is -13.2. The summed E-state index contributed by atoms with van der Waals surface area (Å²) in [4.78, 5) is 27.6. The molecule has 2 N–H and O–H groups in total. The van der Waals surface area contributed by atoms with Gasteiger partial charge in [-0.25, -0.2) is 36.1 Å². The third-order valence-electron chi connectivity index (χ3n) is 4.59. The first-order chi connectivity index (χ1) is 14.5. The molecule has 4 aromatic rings. The average Bonchev–Trinajstić information content (AvgIpc) is 3.00. The highest BCUT2D eigenvalue weighted by molar-refractivity contribution is 5.93. The van der Waals surface area contributed by atoms with Crippen LogP contribution < -0.4 is 10.9 Å². The van der Waals surface area contributed by atoms with Crippen molar-refractivity contribution < 1.29 is 36.2 Å². The minimum atomic E-state index is -2.30. The van der Waals surface area contributed by atoms with E-state index < -0.39 is 62.8 Å². The maximum Gasteiger partial charge on any atom is 0.341 e. The Balaban J connectivity index is 2.05. The van der Waals surface area contributed by atoms with E-state index in [9.17, 15) is 41.0 Å². The molecule has 2 aromatic heterocycles. The highest BCUT2D eigenvalue weighted by atomic mass is 19.2. The molecule has 4 rings (SSSR count). The Labute approximate surface area is 166 Å². The second-order valence-corrected chi connectivity index (χ2v) is 6.39. The fourth-order valence-corrected chi connectivity index (χ4v) is 3.08. The van der Waals surface area contributed by atoms with Crippen molar-refractivity contribution in [2.45, 2.75) is 0 Å². The van der Waals surface area contributed by atoms with Crippen LogP contribution in [0.4, 0.5) is 32.3 Å². The fraction of sp³-hybridized carbons (Fsp3) is 0.0556. The van der Waals surface area contributed by atoms with Gasteiger partial charge in [-0.3, -0.25) is 14.9 Å². The normalized spacial score (nSPS) is 11.5. The van der Waals surface area contributed by atoms with Gasteiger partial charge < -0.3 is 9.67 Å². The molecule has 0 aliphatic heterocycles. The summed E-state index contributed by atoms with van der Waals surface area (Å²) >= 11 is 0. The molecule has 0 spiro atoms. The lowest BCUT2D eigenvalue weighted by molar-refractivity contribution is 0.0695. The van der Waals surface area contributed by atoms with E-state index in [1.807, 2.05) is 0 Å². The molecule has 2 heterocycles. The molecule has 0 saturated carbocycles. The monoisotopic (exact) mass is 442 g/mol. The molecule has 7 nitrogen and oxygen atoms in total. The van der Waals surface area contributed by atoms with Gasteiger partial charge in [-0.1, -0.05) is 0 Å². The lowest BCUT2D eigenvalue weighted by atomic mass is 10.1. The quantitative estimate of drug-likeness (QED) is 0.289. The van der Waals surface area contributed by atoms with E-state index in [0.29, 0.717) is 10.9 Å². The van der Waals surface area contributed by atoms with Gasteiger partial charge >= 0.3 is 5.97 Å². The smallest absolute Gasteiger partial charge is 0.341 e. The minimum Gasteiger partial charge on any atom is -0.477 e.